The van der Waals surface area contributed by atoms with Crippen molar-refractivity contribution in [1.82, 2.24) is 9.78 Å². The molecule has 4 rings (SSSR count). The van der Waals surface area contributed by atoms with Gasteiger partial charge in [0.25, 0.3) is 0 Å². The van der Waals surface area contributed by atoms with Crippen molar-refractivity contribution < 1.29 is 14.3 Å². The lowest BCUT2D eigenvalue weighted by Gasteiger charge is -2.04. The van der Waals surface area contributed by atoms with Gasteiger partial charge in [-0.05, 0) is 23.3 Å². The second-order valence-electron chi connectivity index (χ2n) is 6.87. The molecule has 0 N–H and O–H groups in total. The SMILES string of the molecule is COc1cccc(-n2cc(C(=O)c3ccc(-c4ccccc4)cc3)c(C(C)=O)n2)c1. The Labute approximate surface area is 174 Å². The molecule has 3 aromatic carbocycles. The molecule has 5 heteroatoms. The van der Waals surface area contributed by atoms with Gasteiger partial charge in [0.1, 0.15) is 11.4 Å². The molecule has 30 heavy (non-hydrogen) atoms. The van der Waals surface area contributed by atoms with Crippen LogP contribution < -0.4 is 4.74 Å². The number of methoxy groups -OCH3 is 1. The maximum absolute atomic E-state index is 13.2. The summed E-state index contributed by atoms with van der Waals surface area (Å²) in [7, 11) is 1.58. The second kappa shape index (κ2) is 8.17. The Hall–Kier alpha value is -3.99. The van der Waals surface area contributed by atoms with Crippen molar-refractivity contribution in [3.63, 3.8) is 0 Å². The van der Waals surface area contributed by atoms with Gasteiger partial charge in [-0.15, -0.1) is 0 Å². The molecule has 0 unspecified atom stereocenters. The Balaban J connectivity index is 1.69. The van der Waals surface area contributed by atoms with Crippen molar-refractivity contribution in [2.24, 2.45) is 0 Å². The molecule has 0 saturated heterocycles. The van der Waals surface area contributed by atoms with E-state index in [1.165, 1.54) is 11.6 Å². The summed E-state index contributed by atoms with van der Waals surface area (Å²) in [6.07, 6.45) is 1.60. The third kappa shape index (κ3) is 3.78. The maximum Gasteiger partial charge on any atom is 0.196 e. The normalized spacial score (nSPS) is 10.6. The highest BCUT2D eigenvalue weighted by Gasteiger charge is 2.21. The van der Waals surface area contributed by atoms with E-state index < -0.39 is 0 Å². The van der Waals surface area contributed by atoms with Gasteiger partial charge >= 0.3 is 0 Å². The van der Waals surface area contributed by atoms with E-state index in [1.807, 2.05) is 60.7 Å². The molecule has 0 aliphatic carbocycles. The summed E-state index contributed by atoms with van der Waals surface area (Å²) in [5.41, 5.74) is 3.73. The first-order valence-corrected chi connectivity index (χ1v) is 9.52. The van der Waals surface area contributed by atoms with Gasteiger partial charge in [0.2, 0.25) is 0 Å². The van der Waals surface area contributed by atoms with Crippen LogP contribution in [-0.4, -0.2) is 28.5 Å². The molecular weight excluding hydrogens is 376 g/mol. The van der Waals surface area contributed by atoms with E-state index in [0.717, 1.165) is 11.1 Å². The molecule has 0 amide bonds. The third-order valence-corrected chi connectivity index (χ3v) is 4.86. The van der Waals surface area contributed by atoms with Gasteiger partial charge in [0.05, 0.1) is 18.4 Å². The number of ketones is 2. The molecule has 0 fully saturated rings. The summed E-state index contributed by atoms with van der Waals surface area (Å²) in [6, 6.07) is 24.6. The van der Waals surface area contributed by atoms with Crippen LogP contribution in [0, 0.1) is 0 Å². The fourth-order valence-electron chi connectivity index (χ4n) is 3.29. The lowest BCUT2D eigenvalue weighted by Crippen LogP contribution is -2.06. The van der Waals surface area contributed by atoms with E-state index >= 15 is 0 Å². The molecule has 0 radical (unpaired) electrons. The summed E-state index contributed by atoms with van der Waals surface area (Å²) in [5, 5.41) is 4.36. The van der Waals surface area contributed by atoms with Crippen LogP contribution in [-0.2, 0) is 0 Å². The largest absolute Gasteiger partial charge is 0.497 e. The van der Waals surface area contributed by atoms with Crippen LogP contribution in [0.2, 0.25) is 0 Å². The maximum atomic E-state index is 13.2. The average Bonchev–Trinajstić information content (AvgIpc) is 3.25. The molecule has 148 valence electrons. The van der Waals surface area contributed by atoms with Crippen LogP contribution >= 0.6 is 0 Å². The molecule has 0 aliphatic rings. The molecule has 0 saturated carbocycles. The summed E-state index contributed by atoms with van der Waals surface area (Å²) >= 11 is 0. The zero-order valence-corrected chi connectivity index (χ0v) is 16.7. The number of ether oxygens (including phenoxy) is 1. The topological polar surface area (TPSA) is 61.2 Å². The summed E-state index contributed by atoms with van der Waals surface area (Å²) < 4.78 is 6.78. The molecule has 4 aromatic rings. The highest BCUT2D eigenvalue weighted by atomic mass is 16.5. The van der Waals surface area contributed by atoms with Crippen molar-refractivity contribution in [1.29, 1.82) is 0 Å². The van der Waals surface area contributed by atoms with Gasteiger partial charge < -0.3 is 4.74 Å². The zero-order chi connectivity index (χ0) is 21.1. The van der Waals surface area contributed by atoms with Crippen molar-refractivity contribution in [2.45, 2.75) is 6.92 Å². The van der Waals surface area contributed by atoms with Crippen LogP contribution in [0.4, 0.5) is 0 Å². The molecule has 0 bridgehead atoms. The first-order valence-electron chi connectivity index (χ1n) is 9.52. The number of nitrogens with zero attached hydrogens (tertiary/aromatic N) is 2. The van der Waals surface area contributed by atoms with Crippen LogP contribution in [0.5, 0.6) is 5.75 Å². The van der Waals surface area contributed by atoms with Crippen molar-refractivity contribution in [2.75, 3.05) is 7.11 Å². The first kappa shape index (κ1) is 19.3. The Bertz CT molecular complexity index is 1210. The van der Waals surface area contributed by atoms with Gasteiger partial charge in [-0.3, -0.25) is 9.59 Å². The lowest BCUT2D eigenvalue weighted by atomic mass is 9.99. The number of aromatic nitrogens is 2. The molecule has 1 heterocycles. The zero-order valence-electron chi connectivity index (χ0n) is 16.7. The quantitative estimate of drug-likeness (QED) is 0.431. The Morgan fingerprint density at radius 1 is 0.867 bits per heavy atom. The molecule has 1 aromatic heterocycles. The highest BCUT2D eigenvalue weighted by Crippen LogP contribution is 2.23. The molecule has 0 aliphatic heterocycles. The van der Waals surface area contributed by atoms with E-state index in [9.17, 15) is 9.59 Å². The Kier molecular flexibility index (Phi) is 5.26. The smallest absolute Gasteiger partial charge is 0.196 e. The molecule has 0 atom stereocenters. The molecule has 0 spiro atoms. The minimum atomic E-state index is -0.263. The van der Waals surface area contributed by atoms with Gasteiger partial charge in [-0.25, -0.2) is 4.68 Å². The Morgan fingerprint density at radius 2 is 1.57 bits per heavy atom. The molecular formula is C25H20N2O3. The fraction of sp³-hybridized carbons (Fsp3) is 0.0800. The monoisotopic (exact) mass is 396 g/mol. The van der Waals surface area contributed by atoms with E-state index in [1.54, 1.807) is 31.5 Å². The van der Waals surface area contributed by atoms with E-state index in [0.29, 0.717) is 17.0 Å². The van der Waals surface area contributed by atoms with Gasteiger partial charge in [0.15, 0.2) is 11.6 Å². The van der Waals surface area contributed by atoms with E-state index in [2.05, 4.69) is 5.10 Å². The predicted molar refractivity (Wildman–Crippen MR) is 115 cm³/mol. The van der Waals surface area contributed by atoms with Crippen LogP contribution in [0.25, 0.3) is 16.8 Å². The van der Waals surface area contributed by atoms with Gasteiger partial charge in [-0.1, -0.05) is 60.7 Å². The minimum absolute atomic E-state index is 0.148. The number of rotatable bonds is 6. The minimum Gasteiger partial charge on any atom is -0.497 e. The second-order valence-corrected chi connectivity index (χ2v) is 6.87. The van der Waals surface area contributed by atoms with E-state index in [4.69, 9.17) is 4.74 Å². The lowest BCUT2D eigenvalue weighted by molar-refractivity contribution is 0.0987. The Morgan fingerprint density at radius 3 is 2.23 bits per heavy atom. The van der Waals surface area contributed by atoms with Crippen molar-refractivity contribution in [3.05, 3.63) is 102 Å². The predicted octanol–water partition coefficient (Wildman–Crippen LogP) is 4.98. The summed E-state index contributed by atoms with van der Waals surface area (Å²) in [4.78, 5) is 25.3. The van der Waals surface area contributed by atoms with Crippen LogP contribution in [0.1, 0.15) is 33.3 Å². The number of carbonyl (C=O) groups is 2. The number of hydrogen-bond donors (Lipinski definition) is 0. The third-order valence-electron chi connectivity index (χ3n) is 4.86. The standard InChI is InChI=1S/C25H20N2O3/c1-17(28)24-23(16-27(26-24)21-9-6-10-22(15-21)30-2)25(29)20-13-11-19(12-14-20)18-7-4-3-5-8-18/h3-16H,1-2H3. The fourth-order valence-corrected chi connectivity index (χ4v) is 3.29. The summed E-state index contributed by atoms with van der Waals surface area (Å²) in [5.74, 6) is 0.159. The van der Waals surface area contributed by atoms with E-state index in [-0.39, 0.29) is 22.8 Å². The summed E-state index contributed by atoms with van der Waals surface area (Å²) in [6.45, 7) is 1.41. The van der Waals surface area contributed by atoms with Crippen LogP contribution in [0.15, 0.2) is 85.1 Å². The molecule has 5 nitrogen and oxygen atoms in total. The first-order chi connectivity index (χ1) is 14.6. The van der Waals surface area contributed by atoms with Crippen LogP contribution in [0.3, 0.4) is 0 Å². The van der Waals surface area contributed by atoms with Crippen molar-refractivity contribution >= 4 is 11.6 Å². The number of carbonyl (C=O) groups excluding carboxylic acids is 2. The van der Waals surface area contributed by atoms with Gasteiger partial charge in [0, 0.05) is 24.8 Å². The number of benzene rings is 3. The van der Waals surface area contributed by atoms with Gasteiger partial charge in [-0.2, -0.15) is 5.10 Å². The average molecular weight is 396 g/mol. The number of Topliss-reactive ketones (excluding diaryl/α,β-unsaturated/α-hetero) is 1. The highest BCUT2D eigenvalue weighted by molar-refractivity contribution is 6.14. The number of hydrogen-bond acceptors (Lipinski definition) is 4. The van der Waals surface area contributed by atoms with Crippen molar-refractivity contribution in [3.8, 4) is 22.6 Å².